The molecule has 2 nitrogen and oxygen atoms in total. The lowest BCUT2D eigenvalue weighted by molar-refractivity contribution is 0.220. The monoisotopic (exact) mass is 290 g/mol. The molecule has 0 spiro atoms. The first-order chi connectivity index (χ1) is 9.97. The molecule has 0 bridgehead atoms. The predicted octanol–water partition coefficient (Wildman–Crippen LogP) is 4.46. The molecule has 0 aliphatic rings. The van der Waals surface area contributed by atoms with Crippen LogP contribution in [0.5, 0.6) is 0 Å². The maximum Gasteiger partial charge on any atom is 0.0332 e. The molecule has 2 heteroatoms. The lowest BCUT2D eigenvalue weighted by Gasteiger charge is -2.28. The summed E-state index contributed by atoms with van der Waals surface area (Å²) in [6, 6.07) is 8.03. The van der Waals surface area contributed by atoms with Gasteiger partial charge in [-0.2, -0.15) is 0 Å². The normalized spacial score (nSPS) is 13.1. The van der Waals surface area contributed by atoms with E-state index in [1.54, 1.807) is 0 Å². The minimum atomic E-state index is 0.469. The molecular formula is C19H34N2. The van der Waals surface area contributed by atoms with Gasteiger partial charge in [0.2, 0.25) is 0 Å². The number of nitrogens with zero attached hydrogens (tertiary/aromatic N) is 1. The summed E-state index contributed by atoms with van der Waals surface area (Å²) in [6.07, 6.45) is 2.36. The van der Waals surface area contributed by atoms with Crippen molar-refractivity contribution in [1.82, 2.24) is 10.2 Å². The van der Waals surface area contributed by atoms with Gasteiger partial charge in [-0.1, -0.05) is 43.2 Å². The van der Waals surface area contributed by atoms with Gasteiger partial charge < -0.3 is 10.2 Å². The van der Waals surface area contributed by atoms with Crippen molar-refractivity contribution in [2.75, 3.05) is 19.6 Å². The Hall–Kier alpha value is -0.860. The predicted molar refractivity (Wildman–Crippen MR) is 94.0 cm³/mol. The van der Waals surface area contributed by atoms with E-state index in [0.717, 1.165) is 19.6 Å². The van der Waals surface area contributed by atoms with Crippen LogP contribution < -0.4 is 5.32 Å². The van der Waals surface area contributed by atoms with E-state index in [9.17, 15) is 0 Å². The summed E-state index contributed by atoms with van der Waals surface area (Å²) >= 11 is 0. The number of hydrogen-bond donors (Lipinski definition) is 1. The van der Waals surface area contributed by atoms with Crippen molar-refractivity contribution < 1.29 is 0 Å². The Kier molecular flexibility index (Phi) is 7.98. The van der Waals surface area contributed by atoms with Gasteiger partial charge in [0, 0.05) is 18.6 Å². The third kappa shape index (κ3) is 6.19. The second-order valence-corrected chi connectivity index (χ2v) is 6.44. The highest BCUT2D eigenvalue weighted by Crippen LogP contribution is 2.21. The molecule has 21 heavy (non-hydrogen) atoms. The lowest BCUT2D eigenvalue weighted by atomic mass is 9.98. The molecule has 1 aromatic carbocycles. The Labute approximate surface area is 131 Å². The smallest absolute Gasteiger partial charge is 0.0332 e. The number of rotatable bonds is 9. The van der Waals surface area contributed by atoms with Crippen molar-refractivity contribution in [3.8, 4) is 0 Å². The maximum absolute atomic E-state index is 3.73. The molecular weight excluding hydrogens is 256 g/mol. The van der Waals surface area contributed by atoms with Crippen molar-refractivity contribution in [1.29, 1.82) is 0 Å². The quantitative estimate of drug-likeness (QED) is 0.722. The molecule has 0 saturated heterocycles. The van der Waals surface area contributed by atoms with Crippen molar-refractivity contribution in [3.05, 3.63) is 34.9 Å². The minimum absolute atomic E-state index is 0.469. The van der Waals surface area contributed by atoms with Crippen LogP contribution in [-0.4, -0.2) is 30.6 Å². The third-order valence-corrected chi connectivity index (χ3v) is 4.13. The van der Waals surface area contributed by atoms with E-state index < -0.39 is 0 Å². The third-order valence-electron chi connectivity index (χ3n) is 4.13. The van der Waals surface area contributed by atoms with E-state index in [1.807, 2.05) is 0 Å². The Morgan fingerprint density at radius 1 is 1.05 bits per heavy atom. The second kappa shape index (κ2) is 9.22. The van der Waals surface area contributed by atoms with Gasteiger partial charge in [-0.25, -0.2) is 0 Å². The molecule has 0 aromatic heterocycles. The van der Waals surface area contributed by atoms with Crippen molar-refractivity contribution in [3.63, 3.8) is 0 Å². The highest BCUT2D eigenvalue weighted by atomic mass is 15.1. The minimum Gasteiger partial charge on any atom is -0.310 e. The zero-order valence-corrected chi connectivity index (χ0v) is 14.9. The zero-order valence-electron chi connectivity index (χ0n) is 14.9. The van der Waals surface area contributed by atoms with Gasteiger partial charge in [0.1, 0.15) is 0 Å². The van der Waals surface area contributed by atoms with Crippen LogP contribution in [-0.2, 0) is 0 Å². The molecule has 1 rings (SSSR count). The fourth-order valence-electron chi connectivity index (χ4n) is 2.99. The van der Waals surface area contributed by atoms with E-state index in [-0.39, 0.29) is 0 Å². The fourth-order valence-corrected chi connectivity index (χ4v) is 2.99. The largest absolute Gasteiger partial charge is 0.310 e. The number of hydrogen-bond acceptors (Lipinski definition) is 2. The molecule has 1 N–H and O–H groups in total. The summed E-state index contributed by atoms with van der Waals surface area (Å²) in [5.41, 5.74) is 4.18. The number of benzene rings is 1. The van der Waals surface area contributed by atoms with E-state index in [2.05, 4.69) is 70.0 Å². The van der Waals surface area contributed by atoms with E-state index >= 15 is 0 Å². The molecule has 120 valence electrons. The second-order valence-electron chi connectivity index (χ2n) is 6.44. The molecule has 0 aliphatic heterocycles. The summed E-state index contributed by atoms with van der Waals surface area (Å²) in [5, 5.41) is 3.73. The van der Waals surface area contributed by atoms with Gasteiger partial charge in [0.25, 0.3) is 0 Å². The van der Waals surface area contributed by atoms with Crippen molar-refractivity contribution in [2.45, 2.75) is 66.5 Å². The Balaban J connectivity index is 2.79. The Morgan fingerprint density at radius 3 is 2.14 bits per heavy atom. The molecule has 1 unspecified atom stereocenters. The standard InChI is InChI=1S/C19H34N2/c1-7-10-20-19(9-11-21(8-2)15(3)4)18-13-16(5)12-17(6)14-18/h12-15,19-20H,7-11H2,1-6H3. The van der Waals surface area contributed by atoms with Crippen LogP contribution >= 0.6 is 0 Å². The summed E-state index contributed by atoms with van der Waals surface area (Å²) in [4.78, 5) is 2.54. The maximum atomic E-state index is 3.73. The Morgan fingerprint density at radius 2 is 1.67 bits per heavy atom. The van der Waals surface area contributed by atoms with Crippen molar-refractivity contribution >= 4 is 0 Å². The number of nitrogens with one attached hydrogen (secondary N) is 1. The lowest BCUT2D eigenvalue weighted by Crippen LogP contribution is -2.34. The first kappa shape index (κ1) is 18.2. The van der Waals surface area contributed by atoms with Crippen LogP contribution in [0.15, 0.2) is 18.2 Å². The first-order valence-electron chi connectivity index (χ1n) is 8.53. The highest BCUT2D eigenvalue weighted by molar-refractivity contribution is 5.30. The van der Waals surface area contributed by atoms with Crippen molar-refractivity contribution in [2.24, 2.45) is 0 Å². The highest BCUT2D eigenvalue weighted by Gasteiger charge is 2.14. The van der Waals surface area contributed by atoms with Gasteiger partial charge >= 0.3 is 0 Å². The molecule has 0 radical (unpaired) electrons. The number of aryl methyl sites for hydroxylation is 2. The molecule has 0 aliphatic carbocycles. The topological polar surface area (TPSA) is 15.3 Å². The average molecular weight is 290 g/mol. The van der Waals surface area contributed by atoms with E-state index in [0.29, 0.717) is 12.1 Å². The van der Waals surface area contributed by atoms with Crippen LogP contribution in [0.1, 0.15) is 63.3 Å². The summed E-state index contributed by atoms with van der Waals surface area (Å²) in [7, 11) is 0. The SMILES string of the molecule is CCCNC(CCN(CC)C(C)C)c1cc(C)cc(C)c1. The van der Waals surface area contributed by atoms with Crippen LogP contribution in [0.3, 0.4) is 0 Å². The molecule has 0 fully saturated rings. The van der Waals surface area contributed by atoms with Crippen LogP contribution in [0.4, 0.5) is 0 Å². The van der Waals surface area contributed by atoms with Gasteiger partial charge in [0.15, 0.2) is 0 Å². The average Bonchev–Trinajstić information content (AvgIpc) is 2.41. The zero-order chi connectivity index (χ0) is 15.8. The van der Waals surface area contributed by atoms with Crippen LogP contribution in [0.2, 0.25) is 0 Å². The summed E-state index contributed by atoms with van der Waals surface area (Å²) in [6.45, 7) is 16.8. The Bertz CT molecular complexity index is 392. The molecule has 0 saturated carbocycles. The first-order valence-corrected chi connectivity index (χ1v) is 8.53. The van der Waals surface area contributed by atoms with Gasteiger partial charge in [-0.3, -0.25) is 0 Å². The van der Waals surface area contributed by atoms with Gasteiger partial charge in [-0.15, -0.1) is 0 Å². The molecule has 0 heterocycles. The molecule has 1 aromatic rings. The van der Waals surface area contributed by atoms with Crippen LogP contribution in [0, 0.1) is 13.8 Å². The van der Waals surface area contributed by atoms with Gasteiger partial charge in [-0.05, 0) is 59.2 Å². The fraction of sp³-hybridized carbons (Fsp3) is 0.684. The van der Waals surface area contributed by atoms with Crippen LogP contribution in [0.25, 0.3) is 0 Å². The molecule has 0 amide bonds. The van der Waals surface area contributed by atoms with E-state index in [4.69, 9.17) is 0 Å². The summed E-state index contributed by atoms with van der Waals surface area (Å²) in [5.74, 6) is 0. The van der Waals surface area contributed by atoms with Gasteiger partial charge in [0.05, 0.1) is 0 Å². The summed E-state index contributed by atoms with van der Waals surface area (Å²) < 4.78 is 0. The molecule has 1 atom stereocenters. The van der Waals surface area contributed by atoms with E-state index in [1.165, 1.54) is 29.5 Å².